The summed E-state index contributed by atoms with van der Waals surface area (Å²) in [6.07, 6.45) is -8.07. The molecule has 2 aliphatic rings. The molecule has 0 bridgehead atoms. The van der Waals surface area contributed by atoms with Crippen molar-refractivity contribution in [1.82, 2.24) is 9.80 Å². The van der Waals surface area contributed by atoms with E-state index in [0.717, 1.165) is 30.0 Å². The van der Waals surface area contributed by atoms with Gasteiger partial charge in [0.15, 0.2) is 0 Å². The lowest BCUT2D eigenvalue weighted by atomic mass is 10.0. The molecular weight excluding hydrogens is 556 g/mol. The smallest absolute Gasteiger partial charge is 0.382 e. The zero-order valence-electron chi connectivity index (χ0n) is 22.4. The molecule has 2 saturated heterocycles. The van der Waals surface area contributed by atoms with Gasteiger partial charge in [-0.25, -0.2) is 0 Å². The fraction of sp³-hybridized carbons (Fsp3) is 0.519. The van der Waals surface area contributed by atoms with E-state index in [-0.39, 0.29) is 23.6 Å². The first-order valence-corrected chi connectivity index (χ1v) is 13.3. The number of hydrogen-bond donors (Lipinski definition) is 3. The van der Waals surface area contributed by atoms with E-state index in [1.54, 1.807) is 4.90 Å². The second-order valence-corrected chi connectivity index (χ2v) is 10.5. The lowest BCUT2D eigenvalue weighted by molar-refractivity contribution is -0.139. The number of alkyl halides is 6. The van der Waals surface area contributed by atoms with Crippen LogP contribution in [0.5, 0.6) is 0 Å². The lowest BCUT2D eigenvalue weighted by Gasteiger charge is -2.38. The van der Waals surface area contributed by atoms with E-state index in [1.165, 1.54) is 18.2 Å². The number of anilines is 3. The molecule has 3 N–H and O–H groups in total. The molecule has 2 aromatic rings. The molecule has 14 heteroatoms. The van der Waals surface area contributed by atoms with Crippen LogP contribution in [0.3, 0.4) is 0 Å². The van der Waals surface area contributed by atoms with Gasteiger partial charge in [0.1, 0.15) is 5.69 Å². The molecule has 2 aromatic carbocycles. The van der Waals surface area contributed by atoms with Gasteiger partial charge >= 0.3 is 12.4 Å². The van der Waals surface area contributed by atoms with Crippen molar-refractivity contribution in [3.05, 3.63) is 53.6 Å². The molecule has 2 heterocycles. The minimum Gasteiger partial charge on any atom is -0.382 e. The topological polar surface area (TPSA) is 82.5 Å². The van der Waals surface area contributed by atoms with Gasteiger partial charge in [-0.15, -0.1) is 5.23 Å². The standard InChI is InChI=1S/C27H33F6N5O3/c1-18(17-35-12-14-36(15-13-35)22-5-2-19(3-6-22)26(28,29)30)25(39)37-10-8-20(9-11-37)34-21-4-7-24(38(40)41)23(16-21)27(31,32)33/h2-7,16,18,20,34,40-41H,8-15,17H2,1H3. The van der Waals surface area contributed by atoms with Crippen LogP contribution in [0.2, 0.25) is 0 Å². The second-order valence-electron chi connectivity index (χ2n) is 10.5. The molecule has 2 aliphatic heterocycles. The van der Waals surface area contributed by atoms with Gasteiger partial charge < -0.3 is 15.1 Å². The van der Waals surface area contributed by atoms with Crippen molar-refractivity contribution in [3.8, 4) is 0 Å². The van der Waals surface area contributed by atoms with Crippen molar-refractivity contribution < 1.29 is 41.6 Å². The molecule has 41 heavy (non-hydrogen) atoms. The van der Waals surface area contributed by atoms with Crippen LogP contribution in [0.25, 0.3) is 0 Å². The number of carbonyl (C=O) groups is 1. The van der Waals surface area contributed by atoms with Gasteiger partial charge in [0.05, 0.1) is 11.1 Å². The number of nitrogens with one attached hydrogen (secondary N) is 1. The summed E-state index contributed by atoms with van der Waals surface area (Å²) in [5.41, 5.74) is -1.73. The van der Waals surface area contributed by atoms with Crippen molar-refractivity contribution in [2.75, 3.05) is 61.3 Å². The van der Waals surface area contributed by atoms with E-state index in [0.29, 0.717) is 58.7 Å². The van der Waals surface area contributed by atoms with Crippen LogP contribution in [0.4, 0.5) is 43.4 Å². The highest BCUT2D eigenvalue weighted by atomic mass is 19.4. The fourth-order valence-electron chi connectivity index (χ4n) is 5.33. The van der Waals surface area contributed by atoms with Gasteiger partial charge in [-0.1, -0.05) is 6.92 Å². The SMILES string of the molecule is CC(CN1CCN(c2ccc(C(F)(F)F)cc2)CC1)C(=O)N1CCC(Nc2ccc(N(O)O)c(C(F)(F)F)c2)CC1. The number of piperazine rings is 1. The highest BCUT2D eigenvalue weighted by molar-refractivity contribution is 5.79. The number of carbonyl (C=O) groups excluding carboxylic acids is 1. The first-order chi connectivity index (χ1) is 19.2. The molecule has 226 valence electrons. The summed E-state index contributed by atoms with van der Waals surface area (Å²) < 4.78 is 78.5. The molecule has 1 amide bonds. The van der Waals surface area contributed by atoms with E-state index >= 15 is 0 Å². The quantitative estimate of drug-likeness (QED) is 0.304. The molecule has 0 aromatic heterocycles. The third kappa shape index (κ3) is 7.74. The Morgan fingerprint density at radius 1 is 0.927 bits per heavy atom. The zero-order valence-corrected chi connectivity index (χ0v) is 22.4. The second kappa shape index (κ2) is 12.3. The van der Waals surface area contributed by atoms with Gasteiger partial charge in [0.25, 0.3) is 0 Å². The summed E-state index contributed by atoms with van der Waals surface area (Å²) in [4.78, 5) is 19.0. The van der Waals surface area contributed by atoms with Crippen LogP contribution in [0.1, 0.15) is 30.9 Å². The maximum atomic E-state index is 13.3. The summed E-state index contributed by atoms with van der Waals surface area (Å²) in [7, 11) is 0. The van der Waals surface area contributed by atoms with Gasteiger partial charge in [-0.2, -0.15) is 26.3 Å². The number of nitrogens with zero attached hydrogens (tertiary/aromatic N) is 4. The molecule has 0 radical (unpaired) electrons. The van der Waals surface area contributed by atoms with Crippen LogP contribution in [0, 0.1) is 5.92 Å². The number of halogens is 6. The average molecular weight is 590 g/mol. The number of amides is 1. The fourth-order valence-corrected chi connectivity index (χ4v) is 5.33. The Morgan fingerprint density at radius 2 is 1.54 bits per heavy atom. The van der Waals surface area contributed by atoms with Gasteiger partial charge in [0, 0.05) is 69.1 Å². The Balaban J connectivity index is 1.23. The van der Waals surface area contributed by atoms with Gasteiger partial charge in [0.2, 0.25) is 5.91 Å². The predicted octanol–water partition coefficient (Wildman–Crippen LogP) is 5.17. The van der Waals surface area contributed by atoms with Crippen molar-refractivity contribution in [2.45, 2.75) is 38.2 Å². The molecule has 0 spiro atoms. The highest BCUT2D eigenvalue weighted by Gasteiger charge is 2.36. The van der Waals surface area contributed by atoms with Crippen molar-refractivity contribution in [2.24, 2.45) is 5.92 Å². The third-order valence-corrected chi connectivity index (χ3v) is 7.58. The Morgan fingerprint density at radius 3 is 2.07 bits per heavy atom. The van der Waals surface area contributed by atoms with Crippen LogP contribution in [-0.2, 0) is 17.1 Å². The molecule has 1 unspecified atom stereocenters. The Kier molecular flexibility index (Phi) is 9.24. The maximum absolute atomic E-state index is 13.3. The van der Waals surface area contributed by atoms with Crippen molar-refractivity contribution in [3.63, 3.8) is 0 Å². The van der Waals surface area contributed by atoms with Crippen LogP contribution >= 0.6 is 0 Å². The molecule has 2 fully saturated rings. The summed E-state index contributed by atoms with van der Waals surface area (Å²) in [5.74, 6) is -0.262. The highest BCUT2D eigenvalue weighted by Crippen LogP contribution is 2.38. The lowest BCUT2D eigenvalue weighted by Crippen LogP contribution is -2.50. The molecule has 4 rings (SSSR count). The number of benzene rings is 2. The third-order valence-electron chi connectivity index (χ3n) is 7.58. The van der Waals surface area contributed by atoms with Crippen LogP contribution < -0.4 is 15.4 Å². The van der Waals surface area contributed by atoms with Gasteiger partial charge in [-0.3, -0.25) is 20.1 Å². The summed E-state index contributed by atoms with van der Waals surface area (Å²) in [6.45, 7) is 5.94. The number of rotatable bonds is 7. The number of hydrogen-bond acceptors (Lipinski definition) is 7. The molecule has 8 nitrogen and oxygen atoms in total. The molecule has 0 aliphatic carbocycles. The van der Waals surface area contributed by atoms with E-state index < -0.39 is 34.4 Å². The first kappa shape index (κ1) is 30.7. The number of likely N-dealkylation sites (tertiary alicyclic amines) is 1. The summed E-state index contributed by atoms with van der Waals surface area (Å²) in [6, 6.07) is 8.09. The van der Waals surface area contributed by atoms with E-state index in [4.69, 9.17) is 10.4 Å². The van der Waals surface area contributed by atoms with E-state index in [2.05, 4.69) is 10.2 Å². The van der Waals surface area contributed by atoms with Crippen LogP contribution in [-0.4, -0.2) is 78.0 Å². The first-order valence-electron chi connectivity index (χ1n) is 13.3. The number of piperidine rings is 1. The largest absolute Gasteiger partial charge is 0.418 e. The Bertz CT molecular complexity index is 1180. The maximum Gasteiger partial charge on any atom is 0.418 e. The Hall–Kier alpha value is -3.23. The zero-order chi connectivity index (χ0) is 29.9. The van der Waals surface area contributed by atoms with Crippen molar-refractivity contribution >= 4 is 23.0 Å². The van der Waals surface area contributed by atoms with E-state index in [9.17, 15) is 31.1 Å². The van der Waals surface area contributed by atoms with Crippen LogP contribution in [0.15, 0.2) is 42.5 Å². The van der Waals surface area contributed by atoms with Gasteiger partial charge in [-0.05, 0) is 55.3 Å². The Labute approximate surface area is 233 Å². The minimum absolute atomic E-state index is 0.00307. The molecule has 1 atom stereocenters. The van der Waals surface area contributed by atoms with Crippen molar-refractivity contribution in [1.29, 1.82) is 0 Å². The normalized spacial score (nSPS) is 18.4. The molecular formula is C27H33F6N5O3. The monoisotopic (exact) mass is 589 g/mol. The summed E-state index contributed by atoms with van der Waals surface area (Å²) >= 11 is 0. The average Bonchev–Trinajstić information content (AvgIpc) is 2.92. The van der Waals surface area contributed by atoms with E-state index in [1.807, 2.05) is 11.8 Å². The molecule has 0 saturated carbocycles. The summed E-state index contributed by atoms with van der Waals surface area (Å²) in [5, 5.41) is 20.7. The minimum atomic E-state index is -4.78. The predicted molar refractivity (Wildman–Crippen MR) is 140 cm³/mol.